The smallest absolute Gasteiger partial charge is 0.341 e. The van der Waals surface area contributed by atoms with E-state index in [4.69, 9.17) is 15.2 Å². The lowest BCUT2D eigenvalue weighted by Crippen LogP contribution is -2.27. The molecular formula is C14H21N3O3. The van der Waals surface area contributed by atoms with Gasteiger partial charge in [-0.25, -0.2) is 9.78 Å². The van der Waals surface area contributed by atoms with Gasteiger partial charge >= 0.3 is 5.97 Å². The van der Waals surface area contributed by atoms with Gasteiger partial charge in [-0.2, -0.15) is 0 Å². The molecule has 20 heavy (non-hydrogen) atoms. The number of carbonyl (C=O) groups is 1. The Kier molecular flexibility index (Phi) is 4.79. The Morgan fingerprint density at radius 1 is 1.70 bits per heavy atom. The molecule has 2 heterocycles. The van der Waals surface area contributed by atoms with Gasteiger partial charge in [-0.05, 0) is 26.3 Å². The van der Waals surface area contributed by atoms with Gasteiger partial charge in [0.25, 0.3) is 0 Å². The quantitative estimate of drug-likeness (QED) is 0.797. The predicted octanol–water partition coefficient (Wildman–Crippen LogP) is 1.68. The molecule has 1 aromatic heterocycles. The van der Waals surface area contributed by atoms with E-state index in [1.54, 1.807) is 13.0 Å². The molecule has 0 amide bonds. The van der Waals surface area contributed by atoms with Crippen molar-refractivity contribution in [1.82, 2.24) is 4.98 Å². The van der Waals surface area contributed by atoms with E-state index in [9.17, 15) is 4.79 Å². The Morgan fingerprint density at radius 3 is 3.15 bits per heavy atom. The molecule has 0 aromatic carbocycles. The average molecular weight is 279 g/mol. The summed E-state index contributed by atoms with van der Waals surface area (Å²) in [6, 6.07) is 1.76. The zero-order valence-electron chi connectivity index (χ0n) is 11.9. The van der Waals surface area contributed by atoms with E-state index < -0.39 is 5.97 Å². The maximum atomic E-state index is 11.9. The average Bonchev–Trinajstić information content (AvgIpc) is 2.95. The van der Waals surface area contributed by atoms with Crippen LogP contribution >= 0.6 is 0 Å². The Labute approximate surface area is 118 Å². The summed E-state index contributed by atoms with van der Waals surface area (Å²) in [5, 5.41) is 3.27. The summed E-state index contributed by atoms with van der Waals surface area (Å²) in [6.45, 7) is 5.67. The topological polar surface area (TPSA) is 86.5 Å². The van der Waals surface area contributed by atoms with E-state index in [1.807, 2.05) is 0 Å². The fourth-order valence-electron chi connectivity index (χ4n) is 2.24. The van der Waals surface area contributed by atoms with Crippen molar-refractivity contribution < 1.29 is 14.3 Å². The third kappa shape index (κ3) is 3.39. The van der Waals surface area contributed by atoms with E-state index in [1.165, 1.54) is 6.20 Å². The van der Waals surface area contributed by atoms with Crippen molar-refractivity contribution >= 4 is 17.5 Å². The minimum absolute atomic E-state index is 0.168. The second kappa shape index (κ2) is 6.56. The van der Waals surface area contributed by atoms with Crippen LogP contribution in [-0.4, -0.2) is 36.8 Å². The van der Waals surface area contributed by atoms with Crippen LogP contribution in [0.3, 0.4) is 0 Å². The third-order valence-corrected chi connectivity index (χ3v) is 3.44. The van der Waals surface area contributed by atoms with Crippen LogP contribution in [0.1, 0.15) is 30.6 Å². The summed E-state index contributed by atoms with van der Waals surface area (Å²) in [6.07, 6.45) is 2.54. The SMILES string of the molecule is CCOC(=O)c1cc(N)cnc1NC(C)C1CCOC1. The van der Waals surface area contributed by atoms with Gasteiger partial charge in [0.2, 0.25) is 0 Å². The molecule has 3 N–H and O–H groups in total. The molecular weight excluding hydrogens is 258 g/mol. The van der Waals surface area contributed by atoms with Crippen LogP contribution < -0.4 is 11.1 Å². The van der Waals surface area contributed by atoms with Crippen molar-refractivity contribution in [3.63, 3.8) is 0 Å². The summed E-state index contributed by atoms with van der Waals surface area (Å²) >= 11 is 0. The summed E-state index contributed by atoms with van der Waals surface area (Å²) in [4.78, 5) is 16.2. The third-order valence-electron chi connectivity index (χ3n) is 3.44. The van der Waals surface area contributed by atoms with Crippen LogP contribution in [0.4, 0.5) is 11.5 Å². The van der Waals surface area contributed by atoms with E-state index in [0.717, 1.165) is 19.6 Å². The fraction of sp³-hybridized carbons (Fsp3) is 0.571. The van der Waals surface area contributed by atoms with Crippen molar-refractivity contribution in [2.75, 3.05) is 30.9 Å². The fourth-order valence-corrected chi connectivity index (χ4v) is 2.24. The van der Waals surface area contributed by atoms with Gasteiger partial charge in [0, 0.05) is 18.6 Å². The molecule has 1 saturated heterocycles. The number of esters is 1. The maximum Gasteiger partial charge on any atom is 0.341 e. The number of anilines is 2. The van der Waals surface area contributed by atoms with E-state index >= 15 is 0 Å². The molecule has 1 aliphatic rings. The summed E-state index contributed by atoms with van der Waals surface area (Å²) in [7, 11) is 0. The number of hydrogen-bond acceptors (Lipinski definition) is 6. The number of pyridine rings is 1. The molecule has 0 spiro atoms. The van der Waals surface area contributed by atoms with Crippen LogP contribution in [0.2, 0.25) is 0 Å². The molecule has 0 aliphatic carbocycles. The van der Waals surface area contributed by atoms with Gasteiger partial charge in [0.1, 0.15) is 11.4 Å². The number of rotatable bonds is 5. The molecule has 0 radical (unpaired) electrons. The number of ether oxygens (including phenoxy) is 2. The van der Waals surface area contributed by atoms with Crippen LogP contribution in [0.5, 0.6) is 0 Å². The van der Waals surface area contributed by atoms with Gasteiger partial charge in [0.05, 0.1) is 25.1 Å². The Morgan fingerprint density at radius 2 is 2.50 bits per heavy atom. The van der Waals surface area contributed by atoms with E-state index in [-0.39, 0.29) is 6.04 Å². The first kappa shape index (κ1) is 14.6. The first-order valence-corrected chi connectivity index (χ1v) is 6.88. The molecule has 0 saturated carbocycles. The van der Waals surface area contributed by atoms with Gasteiger partial charge < -0.3 is 20.5 Å². The summed E-state index contributed by atoms with van der Waals surface area (Å²) < 4.78 is 10.4. The highest BCUT2D eigenvalue weighted by Crippen LogP contribution is 2.23. The highest BCUT2D eigenvalue weighted by Gasteiger charge is 2.24. The minimum atomic E-state index is -0.412. The number of aromatic nitrogens is 1. The number of carbonyl (C=O) groups excluding carboxylic acids is 1. The number of nitrogens with zero attached hydrogens (tertiary/aromatic N) is 1. The molecule has 2 unspecified atom stereocenters. The first-order valence-electron chi connectivity index (χ1n) is 6.88. The lowest BCUT2D eigenvalue weighted by atomic mass is 10.0. The second-order valence-electron chi connectivity index (χ2n) is 4.94. The Hall–Kier alpha value is -1.82. The Bertz CT molecular complexity index is 473. The van der Waals surface area contributed by atoms with Crippen molar-refractivity contribution in [3.8, 4) is 0 Å². The normalized spacial score (nSPS) is 19.6. The molecule has 2 atom stereocenters. The van der Waals surface area contributed by atoms with Crippen molar-refractivity contribution in [3.05, 3.63) is 17.8 Å². The molecule has 6 nitrogen and oxygen atoms in total. The maximum absolute atomic E-state index is 11.9. The van der Waals surface area contributed by atoms with E-state index in [0.29, 0.717) is 29.6 Å². The van der Waals surface area contributed by atoms with Crippen LogP contribution in [-0.2, 0) is 9.47 Å². The van der Waals surface area contributed by atoms with Crippen molar-refractivity contribution in [1.29, 1.82) is 0 Å². The molecule has 6 heteroatoms. The molecule has 0 bridgehead atoms. The minimum Gasteiger partial charge on any atom is -0.462 e. The van der Waals surface area contributed by atoms with Crippen molar-refractivity contribution in [2.24, 2.45) is 5.92 Å². The highest BCUT2D eigenvalue weighted by atomic mass is 16.5. The summed E-state index contributed by atoms with van der Waals surface area (Å²) in [5.41, 5.74) is 6.51. The number of hydrogen-bond donors (Lipinski definition) is 2. The molecule has 1 aliphatic heterocycles. The van der Waals surface area contributed by atoms with Crippen LogP contribution in [0.25, 0.3) is 0 Å². The van der Waals surface area contributed by atoms with Crippen LogP contribution in [0, 0.1) is 5.92 Å². The van der Waals surface area contributed by atoms with Crippen molar-refractivity contribution in [2.45, 2.75) is 26.3 Å². The lowest BCUT2D eigenvalue weighted by Gasteiger charge is -2.21. The number of nitrogens with two attached hydrogens (primary N) is 1. The molecule has 1 fully saturated rings. The van der Waals surface area contributed by atoms with E-state index in [2.05, 4.69) is 17.2 Å². The molecule has 110 valence electrons. The first-order chi connectivity index (χ1) is 9.61. The predicted molar refractivity (Wildman–Crippen MR) is 76.6 cm³/mol. The van der Waals surface area contributed by atoms with Gasteiger partial charge in [0.15, 0.2) is 0 Å². The van der Waals surface area contributed by atoms with Gasteiger partial charge in [-0.15, -0.1) is 0 Å². The van der Waals surface area contributed by atoms with Gasteiger partial charge in [-0.3, -0.25) is 0 Å². The monoisotopic (exact) mass is 279 g/mol. The zero-order chi connectivity index (χ0) is 14.5. The lowest BCUT2D eigenvalue weighted by molar-refractivity contribution is 0.0527. The summed E-state index contributed by atoms with van der Waals surface area (Å²) in [5.74, 6) is 0.520. The number of nitrogen functional groups attached to an aromatic ring is 1. The number of nitrogens with one attached hydrogen (secondary N) is 1. The molecule has 2 rings (SSSR count). The molecule has 1 aromatic rings. The Balaban J connectivity index is 2.15. The van der Waals surface area contributed by atoms with Crippen LogP contribution in [0.15, 0.2) is 12.3 Å². The largest absolute Gasteiger partial charge is 0.462 e. The zero-order valence-corrected chi connectivity index (χ0v) is 11.9. The second-order valence-corrected chi connectivity index (χ2v) is 4.94. The van der Waals surface area contributed by atoms with Gasteiger partial charge in [-0.1, -0.05) is 0 Å². The highest BCUT2D eigenvalue weighted by molar-refractivity contribution is 5.95. The standard InChI is InChI=1S/C14H21N3O3/c1-3-20-14(18)12-6-11(15)7-16-13(12)17-9(2)10-4-5-19-8-10/h6-7,9-10H,3-5,8,15H2,1-2H3,(H,16,17).